The van der Waals surface area contributed by atoms with Crippen molar-refractivity contribution in [2.45, 2.75) is 45.1 Å². The quantitative estimate of drug-likeness (QED) is 0.837. The molecule has 1 N–H and O–H groups in total. The topological polar surface area (TPSA) is 25.2 Å². The normalized spacial score (nSPS) is 33.1. The molecule has 2 saturated carbocycles. The second-order valence-electron chi connectivity index (χ2n) is 5.79. The van der Waals surface area contributed by atoms with E-state index in [4.69, 9.17) is 4.42 Å². The van der Waals surface area contributed by atoms with Gasteiger partial charge >= 0.3 is 0 Å². The van der Waals surface area contributed by atoms with E-state index in [9.17, 15) is 0 Å². The third-order valence-electron chi connectivity index (χ3n) is 4.68. The van der Waals surface area contributed by atoms with Crippen LogP contribution in [0.4, 0.5) is 0 Å². The minimum Gasteiger partial charge on any atom is -0.468 e. The highest BCUT2D eigenvalue weighted by atomic mass is 16.3. The van der Waals surface area contributed by atoms with Crippen LogP contribution < -0.4 is 5.32 Å². The Morgan fingerprint density at radius 1 is 1.41 bits per heavy atom. The van der Waals surface area contributed by atoms with E-state index in [-0.39, 0.29) is 0 Å². The zero-order valence-electron chi connectivity index (χ0n) is 10.7. The molecule has 1 aromatic heterocycles. The second kappa shape index (κ2) is 4.85. The predicted molar refractivity (Wildman–Crippen MR) is 68.7 cm³/mol. The summed E-state index contributed by atoms with van der Waals surface area (Å²) in [4.78, 5) is 0. The van der Waals surface area contributed by atoms with E-state index in [0.717, 1.165) is 30.1 Å². The van der Waals surface area contributed by atoms with E-state index in [1.54, 1.807) is 0 Å². The van der Waals surface area contributed by atoms with Gasteiger partial charge in [0.2, 0.25) is 0 Å². The number of fused-ring (bicyclic) bond motifs is 2. The molecule has 0 amide bonds. The summed E-state index contributed by atoms with van der Waals surface area (Å²) in [6.07, 6.45) is 8.80. The summed E-state index contributed by atoms with van der Waals surface area (Å²) in [5.74, 6) is 3.91. The summed E-state index contributed by atoms with van der Waals surface area (Å²) < 4.78 is 5.65. The Hall–Kier alpha value is -0.760. The molecule has 2 aliphatic rings. The number of hydrogen-bond acceptors (Lipinski definition) is 2. The van der Waals surface area contributed by atoms with Gasteiger partial charge in [0.15, 0.2) is 0 Å². The van der Waals surface area contributed by atoms with Gasteiger partial charge in [0, 0.05) is 0 Å². The zero-order chi connectivity index (χ0) is 11.7. The average molecular weight is 233 g/mol. The van der Waals surface area contributed by atoms with Crippen LogP contribution in [0.5, 0.6) is 0 Å². The van der Waals surface area contributed by atoms with Crippen LogP contribution in [0.2, 0.25) is 0 Å². The molecule has 4 atom stereocenters. The summed E-state index contributed by atoms with van der Waals surface area (Å²) in [5, 5.41) is 3.70. The van der Waals surface area contributed by atoms with E-state index in [0.29, 0.717) is 6.04 Å². The molecular weight excluding hydrogens is 210 g/mol. The predicted octanol–water partition coefficient (Wildman–Crippen LogP) is 3.76. The molecular formula is C15H23NO. The monoisotopic (exact) mass is 233 g/mol. The number of nitrogens with one attached hydrogen (secondary N) is 1. The Bertz CT molecular complexity index is 346. The highest BCUT2D eigenvalue weighted by Crippen LogP contribution is 2.52. The molecule has 0 spiro atoms. The van der Waals surface area contributed by atoms with Crippen LogP contribution >= 0.6 is 0 Å². The Labute approximate surface area is 104 Å². The summed E-state index contributed by atoms with van der Waals surface area (Å²) >= 11 is 0. The van der Waals surface area contributed by atoms with E-state index in [1.807, 2.05) is 12.3 Å². The SMILES string of the molecule is CCCNC(c1ccco1)C1CC2CCC1C2. The Morgan fingerprint density at radius 2 is 2.35 bits per heavy atom. The fourth-order valence-electron chi connectivity index (χ4n) is 3.93. The Morgan fingerprint density at radius 3 is 2.94 bits per heavy atom. The maximum Gasteiger partial charge on any atom is 0.120 e. The first-order valence-corrected chi connectivity index (χ1v) is 7.15. The van der Waals surface area contributed by atoms with Crippen molar-refractivity contribution < 1.29 is 4.42 Å². The molecule has 1 aromatic rings. The lowest BCUT2D eigenvalue weighted by molar-refractivity contribution is 0.226. The minimum atomic E-state index is 0.459. The van der Waals surface area contributed by atoms with Crippen LogP contribution in [0.3, 0.4) is 0 Å². The van der Waals surface area contributed by atoms with Crippen molar-refractivity contribution in [3.05, 3.63) is 24.2 Å². The first-order chi connectivity index (χ1) is 8.38. The first kappa shape index (κ1) is 11.3. The van der Waals surface area contributed by atoms with Crippen molar-refractivity contribution in [1.29, 1.82) is 0 Å². The average Bonchev–Trinajstić information content (AvgIpc) is 3.06. The number of furan rings is 1. The van der Waals surface area contributed by atoms with Crippen LogP contribution in [0.15, 0.2) is 22.8 Å². The van der Waals surface area contributed by atoms with E-state index in [2.05, 4.69) is 18.3 Å². The van der Waals surface area contributed by atoms with Crippen molar-refractivity contribution in [2.24, 2.45) is 17.8 Å². The maximum absolute atomic E-state index is 5.65. The Balaban J connectivity index is 1.74. The maximum atomic E-state index is 5.65. The lowest BCUT2D eigenvalue weighted by atomic mass is 9.82. The van der Waals surface area contributed by atoms with Gasteiger partial charge in [-0.15, -0.1) is 0 Å². The third-order valence-corrected chi connectivity index (χ3v) is 4.68. The zero-order valence-corrected chi connectivity index (χ0v) is 10.7. The van der Waals surface area contributed by atoms with Gasteiger partial charge in [0.05, 0.1) is 12.3 Å². The summed E-state index contributed by atoms with van der Waals surface area (Å²) in [5.41, 5.74) is 0. The fraction of sp³-hybridized carbons (Fsp3) is 0.733. The largest absolute Gasteiger partial charge is 0.468 e. The molecule has 0 aliphatic heterocycles. The molecule has 0 aromatic carbocycles. The molecule has 17 heavy (non-hydrogen) atoms. The molecule has 1 heterocycles. The first-order valence-electron chi connectivity index (χ1n) is 7.15. The van der Waals surface area contributed by atoms with Crippen molar-refractivity contribution >= 4 is 0 Å². The van der Waals surface area contributed by atoms with Crippen LogP contribution in [-0.2, 0) is 0 Å². The molecule has 2 bridgehead atoms. The van der Waals surface area contributed by atoms with Gasteiger partial charge in [-0.2, -0.15) is 0 Å². The second-order valence-corrected chi connectivity index (χ2v) is 5.79. The van der Waals surface area contributed by atoms with Gasteiger partial charge in [0.25, 0.3) is 0 Å². The highest BCUT2D eigenvalue weighted by molar-refractivity contribution is 5.09. The molecule has 3 rings (SSSR count). The smallest absolute Gasteiger partial charge is 0.120 e. The number of rotatable bonds is 5. The van der Waals surface area contributed by atoms with Crippen LogP contribution in [0.1, 0.15) is 50.8 Å². The van der Waals surface area contributed by atoms with Crippen LogP contribution in [0.25, 0.3) is 0 Å². The summed E-state index contributed by atoms with van der Waals surface area (Å²) in [7, 11) is 0. The van der Waals surface area contributed by atoms with Gasteiger partial charge < -0.3 is 9.73 Å². The van der Waals surface area contributed by atoms with Crippen molar-refractivity contribution in [1.82, 2.24) is 5.32 Å². The molecule has 4 unspecified atom stereocenters. The van der Waals surface area contributed by atoms with E-state index >= 15 is 0 Å². The number of hydrogen-bond donors (Lipinski definition) is 1. The summed E-state index contributed by atoms with van der Waals surface area (Å²) in [6, 6.07) is 4.61. The molecule has 94 valence electrons. The van der Waals surface area contributed by atoms with Gasteiger partial charge in [-0.1, -0.05) is 13.3 Å². The highest BCUT2D eigenvalue weighted by Gasteiger charge is 2.43. The van der Waals surface area contributed by atoms with Gasteiger partial charge in [0.1, 0.15) is 5.76 Å². The standard InChI is InChI=1S/C15H23NO/c1-2-7-16-15(14-4-3-8-17-14)13-10-11-5-6-12(13)9-11/h3-4,8,11-13,15-16H,2,5-7,9-10H2,1H3. The lowest BCUT2D eigenvalue weighted by Crippen LogP contribution is -2.31. The van der Waals surface area contributed by atoms with Gasteiger partial charge in [-0.3, -0.25) is 0 Å². The molecule has 2 nitrogen and oxygen atoms in total. The van der Waals surface area contributed by atoms with Crippen molar-refractivity contribution in [3.63, 3.8) is 0 Å². The van der Waals surface area contributed by atoms with E-state index < -0.39 is 0 Å². The van der Waals surface area contributed by atoms with Gasteiger partial charge in [-0.25, -0.2) is 0 Å². The third kappa shape index (κ3) is 2.15. The molecule has 0 radical (unpaired) electrons. The van der Waals surface area contributed by atoms with Gasteiger partial charge in [-0.05, 0) is 62.1 Å². The fourth-order valence-corrected chi connectivity index (χ4v) is 3.93. The van der Waals surface area contributed by atoms with Crippen LogP contribution in [0, 0.1) is 17.8 Å². The minimum absolute atomic E-state index is 0.459. The van der Waals surface area contributed by atoms with Crippen molar-refractivity contribution in [2.75, 3.05) is 6.54 Å². The van der Waals surface area contributed by atoms with E-state index in [1.165, 1.54) is 32.1 Å². The lowest BCUT2D eigenvalue weighted by Gasteiger charge is -2.30. The summed E-state index contributed by atoms with van der Waals surface area (Å²) in [6.45, 7) is 3.33. The molecule has 2 heteroatoms. The molecule has 2 aliphatic carbocycles. The van der Waals surface area contributed by atoms with Crippen molar-refractivity contribution in [3.8, 4) is 0 Å². The molecule has 2 fully saturated rings. The van der Waals surface area contributed by atoms with Crippen LogP contribution in [-0.4, -0.2) is 6.54 Å². The Kier molecular flexibility index (Phi) is 3.24. The molecule has 0 saturated heterocycles.